The van der Waals surface area contributed by atoms with E-state index in [1.54, 1.807) is 44.2 Å². The Labute approximate surface area is 171 Å². The first-order valence-corrected chi connectivity index (χ1v) is 9.45. The highest BCUT2D eigenvalue weighted by Gasteiger charge is 2.59. The highest BCUT2D eigenvalue weighted by molar-refractivity contribution is 6.38. The van der Waals surface area contributed by atoms with Crippen molar-refractivity contribution in [3.05, 3.63) is 65.7 Å². The van der Waals surface area contributed by atoms with Crippen LogP contribution in [0.2, 0.25) is 0 Å². The number of nitrogens with zero attached hydrogens (tertiary/aromatic N) is 2. The zero-order valence-electron chi connectivity index (χ0n) is 16.3. The Morgan fingerprint density at radius 3 is 2.40 bits per heavy atom. The number of carbonyl (C=O) groups is 3. The average molecular weight is 412 g/mol. The van der Waals surface area contributed by atoms with Crippen LogP contribution in [0.25, 0.3) is 0 Å². The molecule has 30 heavy (non-hydrogen) atoms. The van der Waals surface area contributed by atoms with Crippen molar-refractivity contribution < 1.29 is 27.9 Å². The number of rotatable bonds is 4. The number of anilines is 1. The number of amides is 2. The van der Waals surface area contributed by atoms with E-state index in [1.165, 1.54) is 0 Å². The summed E-state index contributed by atoms with van der Waals surface area (Å²) in [6.45, 7) is 3.41. The smallest absolute Gasteiger partial charge is 0.355 e. The monoisotopic (exact) mass is 412 g/mol. The van der Waals surface area contributed by atoms with Gasteiger partial charge in [-0.15, -0.1) is 0 Å². The predicted octanol–water partition coefficient (Wildman–Crippen LogP) is 3.35. The molecule has 4 rings (SSSR count). The summed E-state index contributed by atoms with van der Waals surface area (Å²) in [6, 6.07) is 11.0. The first-order chi connectivity index (χ1) is 14.2. The standard InChI is InChI=1S/C22H18F2N2O4/c1-12(2)19-21(29)30-22(25-19,15-9-8-13(23)10-17(15)24)16-11-18(27)26(20(16)28)14-6-4-3-5-7-14/h3-10,12,16H,11H2,1-2H3/t16-,22-/m1/s1. The first kappa shape index (κ1) is 19.9. The van der Waals surface area contributed by atoms with Crippen LogP contribution < -0.4 is 4.90 Å². The minimum atomic E-state index is -2.08. The van der Waals surface area contributed by atoms with Crippen LogP contribution in [0, 0.1) is 23.5 Å². The molecule has 8 heteroatoms. The van der Waals surface area contributed by atoms with Crippen LogP contribution in [0.4, 0.5) is 14.5 Å². The molecule has 2 aromatic rings. The van der Waals surface area contributed by atoms with Crippen LogP contribution in [0.15, 0.2) is 53.5 Å². The number of esters is 1. The molecule has 0 saturated carbocycles. The van der Waals surface area contributed by atoms with Crippen LogP contribution in [0.5, 0.6) is 0 Å². The number of imide groups is 1. The van der Waals surface area contributed by atoms with Gasteiger partial charge in [0, 0.05) is 18.4 Å². The molecule has 0 radical (unpaired) electrons. The van der Waals surface area contributed by atoms with Gasteiger partial charge in [-0.3, -0.25) is 14.5 Å². The fourth-order valence-corrected chi connectivity index (χ4v) is 3.82. The van der Waals surface area contributed by atoms with Gasteiger partial charge in [0.2, 0.25) is 17.5 Å². The van der Waals surface area contributed by atoms with E-state index in [9.17, 15) is 23.2 Å². The molecule has 2 aromatic carbocycles. The molecule has 0 aromatic heterocycles. The van der Waals surface area contributed by atoms with Crippen LogP contribution in [0.1, 0.15) is 25.8 Å². The molecular formula is C22H18F2N2O4. The molecule has 0 N–H and O–H groups in total. The summed E-state index contributed by atoms with van der Waals surface area (Å²) < 4.78 is 33.8. The number of carbonyl (C=O) groups excluding carboxylic acids is 3. The van der Waals surface area contributed by atoms with Crippen molar-refractivity contribution in [2.24, 2.45) is 16.8 Å². The molecule has 6 nitrogen and oxygen atoms in total. The van der Waals surface area contributed by atoms with Crippen molar-refractivity contribution >= 4 is 29.2 Å². The summed E-state index contributed by atoms with van der Waals surface area (Å²) >= 11 is 0. The fraction of sp³-hybridized carbons (Fsp3) is 0.273. The van der Waals surface area contributed by atoms with Crippen molar-refractivity contribution in [1.29, 1.82) is 0 Å². The molecular weight excluding hydrogens is 394 g/mol. The Kier molecular flexibility index (Phi) is 4.72. The molecule has 154 valence electrons. The van der Waals surface area contributed by atoms with Crippen molar-refractivity contribution in [3.63, 3.8) is 0 Å². The third-order valence-corrected chi connectivity index (χ3v) is 5.24. The number of aliphatic imine (C=N–C) groups is 1. The number of para-hydroxylation sites is 1. The summed E-state index contributed by atoms with van der Waals surface area (Å²) in [4.78, 5) is 43.9. The number of benzene rings is 2. The molecule has 1 fully saturated rings. The molecule has 1 saturated heterocycles. The predicted molar refractivity (Wildman–Crippen MR) is 103 cm³/mol. The molecule has 2 atom stereocenters. The van der Waals surface area contributed by atoms with Crippen LogP contribution in [-0.4, -0.2) is 23.5 Å². The lowest BCUT2D eigenvalue weighted by atomic mass is 9.87. The minimum Gasteiger partial charge on any atom is -0.427 e. The number of hydrogen-bond acceptors (Lipinski definition) is 5. The summed E-state index contributed by atoms with van der Waals surface area (Å²) in [5.41, 5.74) is -1.97. The van der Waals surface area contributed by atoms with E-state index in [0.29, 0.717) is 11.8 Å². The fourth-order valence-electron chi connectivity index (χ4n) is 3.82. The lowest BCUT2D eigenvalue weighted by Crippen LogP contribution is -2.41. The maximum Gasteiger partial charge on any atom is 0.355 e. The van der Waals surface area contributed by atoms with Crippen molar-refractivity contribution in [1.82, 2.24) is 0 Å². The molecule has 0 aliphatic carbocycles. The van der Waals surface area contributed by atoms with E-state index in [1.807, 2.05) is 0 Å². The van der Waals surface area contributed by atoms with Crippen LogP contribution in [-0.2, 0) is 24.8 Å². The third-order valence-electron chi connectivity index (χ3n) is 5.24. The molecule has 0 bridgehead atoms. The van der Waals surface area contributed by atoms with Gasteiger partial charge in [0.25, 0.3) is 0 Å². The van der Waals surface area contributed by atoms with Gasteiger partial charge in [0.15, 0.2) is 0 Å². The van der Waals surface area contributed by atoms with Crippen LogP contribution in [0.3, 0.4) is 0 Å². The number of halogens is 2. The first-order valence-electron chi connectivity index (χ1n) is 9.45. The van der Waals surface area contributed by atoms with Gasteiger partial charge in [-0.05, 0) is 24.3 Å². The van der Waals surface area contributed by atoms with E-state index in [0.717, 1.165) is 17.0 Å². The zero-order chi connectivity index (χ0) is 21.6. The molecule has 0 spiro atoms. The summed E-state index contributed by atoms with van der Waals surface area (Å²) in [6.07, 6.45) is -0.341. The van der Waals surface area contributed by atoms with Crippen molar-refractivity contribution in [2.45, 2.75) is 26.0 Å². The second kappa shape index (κ2) is 7.12. The number of ether oxygens (including phenoxy) is 1. The largest absolute Gasteiger partial charge is 0.427 e. The maximum atomic E-state index is 14.8. The van der Waals surface area contributed by atoms with E-state index in [2.05, 4.69) is 4.99 Å². The SMILES string of the molecule is CC(C)C1=N[C@@](c2ccc(F)cc2F)([C@@H]2CC(=O)N(c3ccccc3)C2=O)OC1=O. The quantitative estimate of drug-likeness (QED) is 0.570. The zero-order valence-corrected chi connectivity index (χ0v) is 16.3. The minimum absolute atomic E-state index is 0.0251. The van der Waals surface area contributed by atoms with Gasteiger partial charge in [-0.1, -0.05) is 32.0 Å². The van der Waals surface area contributed by atoms with Gasteiger partial charge >= 0.3 is 5.97 Å². The van der Waals surface area contributed by atoms with E-state index >= 15 is 0 Å². The van der Waals surface area contributed by atoms with E-state index < -0.39 is 41.1 Å². The lowest BCUT2D eigenvalue weighted by molar-refractivity contribution is -0.156. The molecule has 2 amide bonds. The Balaban J connectivity index is 1.87. The Bertz CT molecular complexity index is 1080. The molecule has 0 unspecified atom stereocenters. The number of cyclic esters (lactones) is 1. The Hall–Kier alpha value is -3.42. The van der Waals surface area contributed by atoms with E-state index in [4.69, 9.17) is 4.74 Å². The van der Waals surface area contributed by atoms with Crippen molar-refractivity contribution in [2.75, 3.05) is 4.90 Å². The lowest BCUT2D eigenvalue weighted by Gasteiger charge is -2.30. The van der Waals surface area contributed by atoms with Gasteiger partial charge < -0.3 is 4.74 Å². The highest BCUT2D eigenvalue weighted by atomic mass is 19.1. The normalized spacial score (nSPS) is 23.9. The summed E-state index contributed by atoms with van der Waals surface area (Å²) in [5.74, 6) is -5.49. The Morgan fingerprint density at radius 2 is 1.80 bits per heavy atom. The van der Waals surface area contributed by atoms with Crippen LogP contribution >= 0.6 is 0 Å². The third kappa shape index (κ3) is 2.99. The molecule has 2 heterocycles. The van der Waals surface area contributed by atoms with E-state index in [-0.39, 0.29) is 23.6 Å². The van der Waals surface area contributed by atoms with Crippen molar-refractivity contribution in [3.8, 4) is 0 Å². The maximum absolute atomic E-state index is 14.8. The van der Waals surface area contributed by atoms with Gasteiger partial charge in [0.1, 0.15) is 23.3 Å². The molecule has 2 aliphatic heterocycles. The Morgan fingerprint density at radius 1 is 1.10 bits per heavy atom. The topological polar surface area (TPSA) is 76.0 Å². The number of hydrogen-bond donors (Lipinski definition) is 0. The highest BCUT2D eigenvalue weighted by Crippen LogP contribution is 2.46. The summed E-state index contributed by atoms with van der Waals surface area (Å²) in [7, 11) is 0. The molecule has 2 aliphatic rings. The second-order valence-corrected chi connectivity index (χ2v) is 7.52. The van der Waals surface area contributed by atoms with Gasteiger partial charge in [-0.2, -0.15) is 0 Å². The summed E-state index contributed by atoms with van der Waals surface area (Å²) in [5, 5.41) is 0. The van der Waals surface area contributed by atoms with Gasteiger partial charge in [-0.25, -0.2) is 18.6 Å². The average Bonchev–Trinajstić information content (AvgIpc) is 3.20. The van der Waals surface area contributed by atoms with Gasteiger partial charge in [0.05, 0.1) is 11.3 Å². The second-order valence-electron chi connectivity index (χ2n) is 7.52.